The molecule has 0 radical (unpaired) electrons. The number of rotatable bonds is 4. The van der Waals surface area contributed by atoms with Gasteiger partial charge in [-0.1, -0.05) is 18.2 Å². The Morgan fingerprint density at radius 1 is 1.33 bits per heavy atom. The van der Waals surface area contributed by atoms with E-state index in [1.165, 1.54) is 10.9 Å². The molecule has 3 N–H and O–H groups in total. The number of aromatic nitrogens is 1. The van der Waals surface area contributed by atoms with Crippen LogP contribution in [0.2, 0.25) is 0 Å². The Balaban J connectivity index is 1.52. The Kier molecular flexibility index (Phi) is 3.90. The number of fused-ring (bicyclic) bond motifs is 1. The monoisotopic (exact) mass is 285 g/mol. The molecule has 21 heavy (non-hydrogen) atoms. The highest BCUT2D eigenvalue weighted by Crippen LogP contribution is 2.17. The molecule has 0 bridgehead atoms. The molecule has 2 amide bonds. The maximum atomic E-state index is 12.0. The smallest absolute Gasteiger partial charge is 0.224 e. The van der Waals surface area contributed by atoms with E-state index in [1.54, 1.807) is 0 Å². The number of nitrogens with one attached hydrogen (secondary N) is 3. The predicted molar refractivity (Wildman–Crippen MR) is 80.7 cm³/mol. The number of amides is 2. The van der Waals surface area contributed by atoms with Gasteiger partial charge in [0.1, 0.15) is 0 Å². The van der Waals surface area contributed by atoms with Crippen LogP contribution in [0.1, 0.15) is 18.4 Å². The number of hydrogen-bond acceptors (Lipinski definition) is 2. The van der Waals surface area contributed by atoms with E-state index < -0.39 is 0 Å². The van der Waals surface area contributed by atoms with E-state index in [0.29, 0.717) is 25.9 Å². The normalized spacial score (nSPS) is 18.5. The van der Waals surface area contributed by atoms with Crippen LogP contribution in [0.4, 0.5) is 0 Å². The van der Waals surface area contributed by atoms with Crippen molar-refractivity contribution in [1.29, 1.82) is 0 Å². The van der Waals surface area contributed by atoms with Crippen molar-refractivity contribution in [2.24, 2.45) is 5.92 Å². The number of carbonyl (C=O) groups is 2. The summed E-state index contributed by atoms with van der Waals surface area (Å²) in [5.74, 6) is -0.0154. The molecule has 1 aliphatic rings. The van der Waals surface area contributed by atoms with Gasteiger partial charge in [0.15, 0.2) is 0 Å². The number of benzene rings is 1. The van der Waals surface area contributed by atoms with Gasteiger partial charge in [-0.2, -0.15) is 0 Å². The molecule has 5 nitrogen and oxygen atoms in total. The second-order valence-corrected chi connectivity index (χ2v) is 5.44. The molecule has 1 aliphatic heterocycles. The zero-order valence-electron chi connectivity index (χ0n) is 11.8. The average Bonchev–Trinajstić information content (AvgIpc) is 2.91. The molecule has 1 atom stereocenters. The highest BCUT2D eigenvalue weighted by atomic mass is 16.2. The van der Waals surface area contributed by atoms with Gasteiger partial charge < -0.3 is 15.6 Å². The van der Waals surface area contributed by atoms with Crippen LogP contribution in [0, 0.1) is 5.92 Å². The van der Waals surface area contributed by atoms with Gasteiger partial charge in [-0.3, -0.25) is 9.59 Å². The number of piperidine rings is 1. The number of H-pyrrole nitrogens is 1. The SMILES string of the molecule is O=C1CCC(C(=O)NCCc2c[nH]c3ccccc23)CN1. The van der Waals surface area contributed by atoms with Crippen molar-refractivity contribution in [1.82, 2.24) is 15.6 Å². The fraction of sp³-hybridized carbons (Fsp3) is 0.375. The first-order valence-corrected chi connectivity index (χ1v) is 7.33. The largest absolute Gasteiger partial charge is 0.361 e. The summed E-state index contributed by atoms with van der Waals surface area (Å²) in [5, 5.41) is 6.91. The van der Waals surface area contributed by atoms with E-state index in [4.69, 9.17) is 0 Å². The Bertz CT molecular complexity index is 652. The van der Waals surface area contributed by atoms with E-state index in [2.05, 4.69) is 21.7 Å². The summed E-state index contributed by atoms with van der Waals surface area (Å²) in [6.07, 6.45) is 3.89. The van der Waals surface area contributed by atoms with Crippen LogP contribution in [-0.4, -0.2) is 29.9 Å². The summed E-state index contributed by atoms with van der Waals surface area (Å²) >= 11 is 0. The lowest BCUT2D eigenvalue weighted by Gasteiger charge is -2.21. The lowest BCUT2D eigenvalue weighted by Crippen LogP contribution is -2.43. The van der Waals surface area contributed by atoms with E-state index >= 15 is 0 Å². The summed E-state index contributed by atoms with van der Waals surface area (Å²) in [5.41, 5.74) is 2.33. The van der Waals surface area contributed by atoms with Crippen LogP contribution in [0.25, 0.3) is 10.9 Å². The lowest BCUT2D eigenvalue weighted by molar-refractivity contribution is -0.128. The highest BCUT2D eigenvalue weighted by molar-refractivity contribution is 5.84. The van der Waals surface area contributed by atoms with Crippen molar-refractivity contribution < 1.29 is 9.59 Å². The van der Waals surface area contributed by atoms with Crippen LogP contribution in [0.3, 0.4) is 0 Å². The van der Waals surface area contributed by atoms with Gasteiger partial charge in [0.2, 0.25) is 11.8 Å². The minimum atomic E-state index is -0.0920. The Hall–Kier alpha value is -2.30. The maximum Gasteiger partial charge on any atom is 0.224 e. The molecule has 1 fully saturated rings. The van der Waals surface area contributed by atoms with Crippen LogP contribution in [0.5, 0.6) is 0 Å². The summed E-state index contributed by atoms with van der Waals surface area (Å²) < 4.78 is 0. The molecule has 1 unspecified atom stereocenters. The van der Waals surface area contributed by atoms with Crippen molar-refractivity contribution in [2.75, 3.05) is 13.1 Å². The Morgan fingerprint density at radius 3 is 3.00 bits per heavy atom. The molecule has 2 aromatic rings. The van der Waals surface area contributed by atoms with Gasteiger partial charge in [0, 0.05) is 36.6 Å². The molecule has 110 valence electrons. The van der Waals surface area contributed by atoms with Gasteiger partial charge >= 0.3 is 0 Å². The second-order valence-electron chi connectivity index (χ2n) is 5.44. The van der Waals surface area contributed by atoms with Crippen LogP contribution in [0.15, 0.2) is 30.5 Å². The minimum absolute atomic E-state index is 0.0369. The van der Waals surface area contributed by atoms with Gasteiger partial charge in [0.25, 0.3) is 0 Å². The molecular weight excluding hydrogens is 266 g/mol. The number of carbonyl (C=O) groups excluding carboxylic acids is 2. The summed E-state index contributed by atoms with van der Waals surface area (Å²) in [6, 6.07) is 8.15. The predicted octanol–water partition coefficient (Wildman–Crippen LogP) is 1.35. The van der Waals surface area contributed by atoms with Crippen molar-refractivity contribution in [3.8, 4) is 0 Å². The second kappa shape index (κ2) is 5.99. The molecule has 0 spiro atoms. The molecule has 1 aromatic carbocycles. The first-order chi connectivity index (χ1) is 10.2. The van der Waals surface area contributed by atoms with Gasteiger partial charge in [-0.15, -0.1) is 0 Å². The van der Waals surface area contributed by atoms with Crippen molar-refractivity contribution in [3.63, 3.8) is 0 Å². The molecule has 3 rings (SSSR count). The van der Waals surface area contributed by atoms with Gasteiger partial charge in [-0.25, -0.2) is 0 Å². The molecule has 1 saturated heterocycles. The summed E-state index contributed by atoms with van der Waals surface area (Å²) in [4.78, 5) is 26.3. The van der Waals surface area contributed by atoms with Crippen LogP contribution >= 0.6 is 0 Å². The zero-order valence-corrected chi connectivity index (χ0v) is 11.8. The van der Waals surface area contributed by atoms with E-state index in [0.717, 1.165) is 11.9 Å². The van der Waals surface area contributed by atoms with E-state index in [-0.39, 0.29) is 17.7 Å². The summed E-state index contributed by atoms with van der Waals surface area (Å²) in [6.45, 7) is 1.07. The standard InChI is InChI=1S/C16H19N3O2/c20-15-6-5-12(10-19-15)16(21)17-8-7-11-9-18-14-4-2-1-3-13(11)14/h1-4,9,12,18H,5-8,10H2,(H,17,21)(H,19,20). The molecule has 0 aliphatic carbocycles. The minimum Gasteiger partial charge on any atom is -0.361 e. The molecule has 2 heterocycles. The molecule has 5 heteroatoms. The van der Waals surface area contributed by atoms with Gasteiger partial charge in [-0.05, 0) is 24.5 Å². The quantitative estimate of drug-likeness (QED) is 0.793. The highest BCUT2D eigenvalue weighted by Gasteiger charge is 2.23. The topological polar surface area (TPSA) is 74.0 Å². The van der Waals surface area contributed by atoms with Crippen molar-refractivity contribution in [3.05, 3.63) is 36.0 Å². The first kappa shape index (κ1) is 13.7. The van der Waals surface area contributed by atoms with Crippen molar-refractivity contribution in [2.45, 2.75) is 19.3 Å². The number of hydrogen-bond donors (Lipinski definition) is 3. The van der Waals surface area contributed by atoms with E-state index in [9.17, 15) is 9.59 Å². The average molecular weight is 285 g/mol. The Morgan fingerprint density at radius 2 is 2.19 bits per heavy atom. The molecular formula is C16H19N3O2. The number of aromatic amines is 1. The van der Waals surface area contributed by atoms with Crippen LogP contribution < -0.4 is 10.6 Å². The maximum absolute atomic E-state index is 12.0. The van der Waals surface area contributed by atoms with Gasteiger partial charge in [0.05, 0.1) is 5.92 Å². The fourth-order valence-electron chi connectivity index (χ4n) is 2.76. The third kappa shape index (κ3) is 3.07. The zero-order chi connectivity index (χ0) is 14.7. The Labute approximate surface area is 123 Å². The lowest BCUT2D eigenvalue weighted by atomic mass is 9.98. The third-order valence-corrected chi connectivity index (χ3v) is 4.00. The number of para-hydroxylation sites is 1. The fourth-order valence-corrected chi connectivity index (χ4v) is 2.76. The molecule has 0 saturated carbocycles. The molecule has 1 aromatic heterocycles. The van der Waals surface area contributed by atoms with E-state index in [1.807, 2.05) is 24.4 Å². The third-order valence-electron chi connectivity index (χ3n) is 4.00. The first-order valence-electron chi connectivity index (χ1n) is 7.33. The van der Waals surface area contributed by atoms with Crippen LogP contribution in [-0.2, 0) is 16.0 Å². The summed E-state index contributed by atoms with van der Waals surface area (Å²) in [7, 11) is 0. The van der Waals surface area contributed by atoms with Crippen molar-refractivity contribution >= 4 is 22.7 Å².